The molecule has 1 aliphatic heterocycles. The lowest BCUT2D eigenvalue weighted by atomic mass is 10.1. The molecule has 0 saturated carbocycles. The van der Waals surface area contributed by atoms with E-state index in [0.29, 0.717) is 5.75 Å². The number of benzene rings is 1. The van der Waals surface area contributed by atoms with Crippen molar-refractivity contribution in [3.63, 3.8) is 0 Å². The van der Waals surface area contributed by atoms with E-state index in [-0.39, 0.29) is 12.3 Å². The van der Waals surface area contributed by atoms with Gasteiger partial charge in [0.2, 0.25) is 6.29 Å². The molecule has 1 aromatic rings. The summed E-state index contributed by atoms with van der Waals surface area (Å²) in [5.74, 6) is -0.634. The molecule has 0 amide bonds. The minimum Gasteiger partial charge on any atom is -0.463 e. The molecule has 1 heterocycles. The van der Waals surface area contributed by atoms with Crippen LogP contribution in [0.4, 0.5) is 5.69 Å². The van der Waals surface area contributed by atoms with Gasteiger partial charge in [-0.3, -0.25) is 19.7 Å². The summed E-state index contributed by atoms with van der Waals surface area (Å²) in [7, 11) is 0. The van der Waals surface area contributed by atoms with Gasteiger partial charge in [-0.25, -0.2) is 0 Å². The van der Waals surface area contributed by atoms with E-state index in [4.69, 9.17) is 18.9 Å². The maximum Gasteiger partial charge on any atom is 0.303 e. The second-order valence-electron chi connectivity index (χ2n) is 5.17. The molecule has 0 bridgehead atoms. The SMILES string of the molecule is CC(=O)OCC1OC(Oc2ccc([N+](=O)[O-])cc2)C=CC1OC(C)=O. The fourth-order valence-electron chi connectivity index (χ4n) is 2.11. The van der Waals surface area contributed by atoms with Gasteiger partial charge in [-0.2, -0.15) is 0 Å². The largest absolute Gasteiger partial charge is 0.463 e. The molecule has 3 atom stereocenters. The molecular formula is C16H17NO8. The number of carbonyl (C=O) groups is 2. The van der Waals surface area contributed by atoms with Crippen molar-refractivity contribution in [2.75, 3.05) is 6.61 Å². The van der Waals surface area contributed by atoms with E-state index in [2.05, 4.69) is 0 Å². The third kappa shape index (κ3) is 5.57. The standard InChI is InChI=1S/C16H17NO8/c1-10(18)22-9-15-14(23-11(2)19)7-8-16(25-15)24-13-5-3-12(4-6-13)17(20)21/h3-8,14-16H,9H2,1-2H3. The number of carbonyl (C=O) groups excluding carboxylic acids is 2. The van der Waals surface area contributed by atoms with Crippen molar-refractivity contribution in [1.82, 2.24) is 0 Å². The molecule has 0 spiro atoms. The van der Waals surface area contributed by atoms with Gasteiger partial charge in [0, 0.05) is 26.0 Å². The highest BCUT2D eigenvalue weighted by molar-refractivity contribution is 5.66. The molecule has 0 saturated heterocycles. The highest BCUT2D eigenvalue weighted by Gasteiger charge is 2.31. The number of hydrogen-bond donors (Lipinski definition) is 0. The summed E-state index contributed by atoms with van der Waals surface area (Å²) < 4.78 is 21.2. The lowest BCUT2D eigenvalue weighted by Crippen LogP contribution is -2.42. The molecule has 0 aromatic heterocycles. The molecule has 2 rings (SSSR count). The van der Waals surface area contributed by atoms with Crippen LogP contribution in [0.5, 0.6) is 5.75 Å². The number of non-ortho nitro benzene ring substituents is 1. The molecule has 0 fully saturated rings. The molecule has 0 radical (unpaired) electrons. The van der Waals surface area contributed by atoms with Crippen molar-refractivity contribution in [3.8, 4) is 5.75 Å². The van der Waals surface area contributed by atoms with Gasteiger partial charge in [0.15, 0.2) is 0 Å². The summed E-state index contributed by atoms with van der Waals surface area (Å²) in [6, 6.07) is 5.49. The lowest BCUT2D eigenvalue weighted by Gasteiger charge is -2.31. The van der Waals surface area contributed by atoms with Crippen LogP contribution in [0, 0.1) is 10.1 Å². The van der Waals surface area contributed by atoms with E-state index in [0.717, 1.165) is 0 Å². The number of esters is 2. The van der Waals surface area contributed by atoms with Gasteiger partial charge in [0.1, 0.15) is 24.6 Å². The van der Waals surface area contributed by atoms with Gasteiger partial charge < -0.3 is 18.9 Å². The number of rotatable bonds is 6. The van der Waals surface area contributed by atoms with Crippen LogP contribution in [0.15, 0.2) is 36.4 Å². The first-order valence-electron chi connectivity index (χ1n) is 7.40. The highest BCUT2D eigenvalue weighted by Crippen LogP contribution is 2.22. The fraction of sp³-hybridized carbons (Fsp3) is 0.375. The van der Waals surface area contributed by atoms with E-state index in [1.165, 1.54) is 38.1 Å². The van der Waals surface area contributed by atoms with Gasteiger partial charge in [0.05, 0.1) is 4.92 Å². The first kappa shape index (κ1) is 18.4. The average molecular weight is 351 g/mol. The number of nitro benzene ring substituents is 1. The van der Waals surface area contributed by atoms with Crippen LogP contribution in [0.25, 0.3) is 0 Å². The average Bonchev–Trinajstić information content (AvgIpc) is 2.55. The third-order valence-electron chi connectivity index (χ3n) is 3.19. The number of hydrogen-bond acceptors (Lipinski definition) is 8. The Morgan fingerprint density at radius 1 is 1.16 bits per heavy atom. The molecule has 1 aliphatic rings. The molecule has 1 aromatic carbocycles. The number of nitro groups is 1. The maximum absolute atomic E-state index is 11.1. The normalized spacial score (nSPS) is 22.1. The summed E-state index contributed by atoms with van der Waals surface area (Å²) in [4.78, 5) is 32.3. The fourth-order valence-corrected chi connectivity index (χ4v) is 2.11. The second kappa shape index (κ2) is 8.25. The molecule has 0 aliphatic carbocycles. The van der Waals surface area contributed by atoms with E-state index in [9.17, 15) is 19.7 Å². The van der Waals surface area contributed by atoms with Crippen LogP contribution < -0.4 is 4.74 Å². The summed E-state index contributed by atoms with van der Waals surface area (Å²) in [6.45, 7) is 2.40. The minimum absolute atomic E-state index is 0.0601. The Hall–Kier alpha value is -2.94. The van der Waals surface area contributed by atoms with Gasteiger partial charge in [-0.05, 0) is 24.3 Å². The van der Waals surface area contributed by atoms with Gasteiger partial charge in [-0.1, -0.05) is 0 Å². The van der Waals surface area contributed by atoms with E-state index < -0.39 is 35.4 Å². The Labute approximate surface area is 143 Å². The minimum atomic E-state index is -0.825. The Morgan fingerprint density at radius 3 is 2.40 bits per heavy atom. The molecular weight excluding hydrogens is 334 g/mol. The zero-order chi connectivity index (χ0) is 18.4. The van der Waals surface area contributed by atoms with Crippen molar-refractivity contribution < 1.29 is 33.5 Å². The molecule has 3 unspecified atom stereocenters. The zero-order valence-electron chi connectivity index (χ0n) is 13.6. The Kier molecular flexibility index (Phi) is 6.07. The van der Waals surface area contributed by atoms with Crippen LogP contribution >= 0.6 is 0 Å². The topological polar surface area (TPSA) is 114 Å². The highest BCUT2D eigenvalue weighted by atomic mass is 16.7. The first-order valence-corrected chi connectivity index (χ1v) is 7.40. The maximum atomic E-state index is 11.1. The second-order valence-corrected chi connectivity index (χ2v) is 5.17. The molecule has 9 nitrogen and oxygen atoms in total. The smallest absolute Gasteiger partial charge is 0.303 e. The third-order valence-corrected chi connectivity index (χ3v) is 3.19. The number of ether oxygens (including phenoxy) is 4. The predicted octanol–water partition coefficient (Wildman–Crippen LogP) is 1.75. The monoisotopic (exact) mass is 351 g/mol. The molecule has 134 valence electrons. The van der Waals surface area contributed by atoms with Crippen molar-refractivity contribution in [1.29, 1.82) is 0 Å². The first-order chi connectivity index (χ1) is 11.8. The Balaban J connectivity index is 2.04. The summed E-state index contributed by atoms with van der Waals surface area (Å²) in [5.41, 5.74) is -0.0601. The van der Waals surface area contributed by atoms with Crippen LogP contribution in [0.1, 0.15) is 13.8 Å². The summed E-state index contributed by atoms with van der Waals surface area (Å²) in [6.07, 6.45) is 0.845. The zero-order valence-corrected chi connectivity index (χ0v) is 13.6. The van der Waals surface area contributed by atoms with Gasteiger partial charge in [-0.15, -0.1) is 0 Å². The van der Waals surface area contributed by atoms with E-state index >= 15 is 0 Å². The van der Waals surface area contributed by atoms with Crippen molar-refractivity contribution >= 4 is 17.6 Å². The van der Waals surface area contributed by atoms with Crippen molar-refractivity contribution in [2.45, 2.75) is 32.3 Å². The van der Waals surface area contributed by atoms with E-state index in [1.807, 2.05) is 0 Å². The molecule has 0 N–H and O–H groups in total. The van der Waals surface area contributed by atoms with Crippen LogP contribution in [-0.4, -0.2) is 42.0 Å². The van der Waals surface area contributed by atoms with Gasteiger partial charge >= 0.3 is 11.9 Å². The van der Waals surface area contributed by atoms with Crippen molar-refractivity contribution in [2.24, 2.45) is 0 Å². The van der Waals surface area contributed by atoms with Crippen LogP contribution in [0.2, 0.25) is 0 Å². The van der Waals surface area contributed by atoms with Crippen LogP contribution in [0.3, 0.4) is 0 Å². The summed E-state index contributed by atoms with van der Waals surface area (Å²) in [5, 5.41) is 10.6. The Bertz CT molecular complexity index is 669. The Morgan fingerprint density at radius 2 is 1.84 bits per heavy atom. The van der Waals surface area contributed by atoms with Gasteiger partial charge in [0.25, 0.3) is 5.69 Å². The van der Waals surface area contributed by atoms with Crippen molar-refractivity contribution in [3.05, 3.63) is 46.5 Å². The molecule has 9 heteroatoms. The van der Waals surface area contributed by atoms with Crippen LogP contribution in [-0.2, 0) is 23.8 Å². The van der Waals surface area contributed by atoms with E-state index in [1.54, 1.807) is 12.2 Å². The lowest BCUT2D eigenvalue weighted by molar-refractivity contribution is -0.384. The quantitative estimate of drug-likeness (QED) is 0.329. The number of nitrogens with zero attached hydrogens (tertiary/aromatic N) is 1. The predicted molar refractivity (Wildman–Crippen MR) is 83.7 cm³/mol. The molecule has 25 heavy (non-hydrogen) atoms. The summed E-state index contributed by atoms with van der Waals surface area (Å²) >= 11 is 0.